The summed E-state index contributed by atoms with van der Waals surface area (Å²) in [5, 5.41) is 15.6. The van der Waals surface area contributed by atoms with E-state index in [4.69, 9.17) is 20.0 Å². The van der Waals surface area contributed by atoms with E-state index in [-0.39, 0.29) is 23.8 Å². The first-order valence-corrected chi connectivity index (χ1v) is 15.0. The summed E-state index contributed by atoms with van der Waals surface area (Å²) >= 11 is 0. The molecule has 2 aromatic carbocycles. The Kier molecular flexibility index (Phi) is 8.93. The van der Waals surface area contributed by atoms with Crippen LogP contribution in [0.15, 0.2) is 54.6 Å². The number of hydrogen-bond donors (Lipinski definition) is 2. The van der Waals surface area contributed by atoms with E-state index in [0.717, 1.165) is 31.2 Å². The van der Waals surface area contributed by atoms with Crippen LogP contribution in [0.1, 0.15) is 55.5 Å². The van der Waals surface area contributed by atoms with Gasteiger partial charge in [-0.3, -0.25) is 9.36 Å². The lowest BCUT2D eigenvalue weighted by atomic mass is 9.91. The number of carbonyl (C=O) groups excluding carboxylic acids is 1. The monoisotopic (exact) mass is 600 g/mol. The summed E-state index contributed by atoms with van der Waals surface area (Å²) in [4.78, 5) is 28.4. The molecule has 0 radical (unpaired) electrons. The van der Waals surface area contributed by atoms with Gasteiger partial charge in [-0.1, -0.05) is 24.3 Å². The number of halogens is 2. The SMILES string of the molecule is N#Cc1ccc(CCC(=O)N[C@H]2CC[C@H](Nc3nc(N4CCOCC4)cc(-n4c(C(F)F)nc5ccccc54)n3)CC2)cc1. The van der Waals surface area contributed by atoms with Gasteiger partial charge in [-0.05, 0) is 61.9 Å². The minimum atomic E-state index is -2.78. The van der Waals surface area contributed by atoms with Gasteiger partial charge in [-0.25, -0.2) is 13.8 Å². The first-order chi connectivity index (χ1) is 21.5. The summed E-state index contributed by atoms with van der Waals surface area (Å²) in [6, 6.07) is 18.3. The Hall–Kier alpha value is -4.63. The fourth-order valence-electron chi connectivity index (χ4n) is 5.86. The number of nitriles is 1. The van der Waals surface area contributed by atoms with Crippen molar-refractivity contribution in [1.29, 1.82) is 5.26 Å². The van der Waals surface area contributed by atoms with E-state index < -0.39 is 6.43 Å². The standard InChI is InChI=1S/C32H34F2N8O2/c33-30(34)31-38-25-3-1-2-4-26(25)42(31)28-19-27(41-15-17-44-18-16-41)39-32(40-28)37-24-12-10-23(11-13-24)36-29(43)14-9-21-5-7-22(20-35)8-6-21/h1-8,19,23-24,30H,9-18H2,(H,36,43)(H,37,39,40)/t23-,24-. The molecule has 0 spiro atoms. The van der Waals surface area contributed by atoms with Crippen molar-refractivity contribution < 1.29 is 18.3 Å². The van der Waals surface area contributed by atoms with Crippen LogP contribution < -0.4 is 15.5 Å². The topological polar surface area (TPSA) is 121 Å². The number of carbonyl (C=O) groups is 1. The zero-order chi connectivity index (χ0) is 30.5. The lowest BCUT2D eigenvalue weighted by molar-refractivity contribution is -0.122. The summed E-state index contributed by atoms with van der Waals surface area (Å²) in [6.45, 7) is 2.39. The van der Waals surface area contributed by atoms with Crippen LogP contribution in [0.2, 0.25) is 0 Å². The first kappa shape index (κ1) is 29.4. The van der Waals surface area contributed by atoms with Crippen LogP contribution in [-0.2, 0) is 16.0 Å². The Morgan fingerprint density at radius 2 is 1.68 bits per heavy atom. The second-order valence-corrected chi connectivity index (χ2v) is 11.2. The average molecular weight is 601 g/mol. The molecule has 1 aliphatic heterocycles. The predicted molar refractivity (Wildman–Crippen MR) is 162 cm³/mol. The van der Waals surface area contributed by atoms with E-state index in [1.54, 1.807) is 42.5 Å². The minimum absolute atomic E-state index is 0.0133. The number of aromatic nitrogens is 4. The number of alkyl halides is 2. The Balaban J connectivity index is 1.14. The van der Waals surface area contributed by atoms with Crippen LogP contribution in [0.5, 0.6) is 0 Å². The van der Waals surface area contributed by atoms with Crippen molar-refractivity contribution in [3.63, 3.8) is 0 Å². The molecule has 1 saturated heterocycles. The number of benzene rings is 2. The van der Waals surface area contributed by atoms with Crippen molar-refractivity contribution in [3.05, 3.63) is 71.5 Å². The van der Waals surface area contributed by atoms with Crippen molar-refractivity contribution in [1.82, 2.24) is 24.8 Å². The molecule has 2 fully saturated rings. The van der Waals surface area contributed by atoms with Crippen LogP contribution in [0.4, 0.5) is 20.5 Å². The molecule has 0 bridgehead atoms. The average Bonchev–Trinajstić information content (AvgIpc) is 3.46. The number of hydrogen-bond acceptors (Lipinski definition) is 8. The van der Waals surface area contributed by atoms with Crippen LogP contribution in [-0.4, -0.2) is 63.8 Å². The molecule has 2 aromatic heterocycles. The van der Waals surface area contributed by atoms with E-state index in [0.29, 0.717) is 73.3 Å². The second-order valence-electron chi connectivity index (χ2n) is 11.2. The Morgan fingerprint density at radius 3 is 2.41 bits per heavy atom. The lowest BCUT2D eigenvalue weighted by Crippen LogP contribution is -2.40. The molecule has 10 nitrogen and oxygen atoms in total. The highest BCUT2D eigenvalue weighted by molar-refractivity contribution is 5.78. The predicted octanol–water partition coefficient (Wildman–Crippen LogP) is 4.93. The highest BCUT2D eigenvalue weighted by atomic mass is 19.3. The molecule has 3 heterocycles. The number of amides is 1. The summed E-state index contributed by atoms with van der Waals surface area (Å²) in [5.41, 5.74) is 2.65. The van der Waals surface area contributed by atoms with Crippen molar-refractivity contribution in [3.8, 4) is 11.9 Å². The quantitative estimate of drug-likeness (QED) is 0.277. The zero-order valence-corrected chi connectivity index (χ0v) is 24.3. The van der Waals surface area contributed by atoms with Crippen LogP contribution in [0.25, 0.3) is 16.9 Å². The highest BCUT2D eigenvalue weighted by Gasteiger charge is 2.26. The molecule has 2 aliphatic rings. The smallest absolute Gasteiger partial charge is 0.296 e. The summed E-state index contributed by atoms with van der Waals surface area (Å²) in [5.74, 6) is 0.994. The number of anilines is 2. The maximum atomic E-state index is 14.2. The molecule has 12 heteroatoms. The molecule has 228 valence electrons. The maximum Gasteiger partial charge on any atom is 0.296 e. The van der Waals surface area contributed by atoms with E-state index in [1.807, 2.05) is 12.1 Å². The van der Waals surface area contributed by atoms with Crippen molar-refractivity contribution >= 4 is 28.7 Å². The number of imidazole rings is 1. The number of nitrogens with one attached hydrogen (secondary N) is 2. The number of aryl methyl sites for hydroxylation is 1. The zero-order valence-electron chi connectivity index (χ0n) is 24.3. The molecule has 44 heavy (non-hydrogen) atoms. The lowest BCUT2D eigenvalue weighted by Gasteiger charge is -2.31. The number of nitrogens with zero attached hydrogens (tertiary/aromatic N) is 6. The molecular weight excluding hydrogens is 566 g/mol. The maximum absolute atomic E-state index is 14.2. The summed E-state index contributed by atoms with van der Waals surface area (Å²) < 4.78 is 35.2. The van der Waals surface area contributed by atoms with Crippen LogP contribution >= 0.6 is 0 Å². The molecule has 4 aromatic rings. The number of fused-ring (bicyclic) bond motifs is 1. The fraction of sp³-hybridized carbons (Fsp3) is 0.406. The first-order valence-electron chi connectivity index (χ1n) is 15.0. The molecule has 1 aliphatic carbocycles. The van der Waals surface area contributed by atoms with Crippen LogP contribution in [0.3, 0.4) is 0 Å². The minimum Gasteiger partial charge on any atom is -0.378 e. The third kappa shape index (κ3) is 6.78. The van der Waals surface area contributed by atoms with Crippen molar-refractivity contribution in [2.75, 3.05) is 36.5 Å². The number of morpholine rings is 1. The van der Waals surface area contributed by atoms with Gasteiger partial charge in [-0.15, -0.1) is 0 Å². The van der Waals surface area contributed by atoms with Gasteiger partial charge < -0.3 is 20.3 Å². The molecular formula is C32H34F2N8O2. The molecule has 0 atom stereocenters. The van der Waals surface area contributed by atoms with Crippen molar-refractivity contribution in [2.45, 2.75) is 57.0 Å². The van der Waals surface area contributed by atoms with E-state index >= 15 is 0 Å². The Morgan fingerprint density at radius 1 is 0.977 bits per heavy atom. The van der Waals surface area contributed by atoms with Gasteiger partial charge in [0.1, 0.15) is 11.6 Å². The molecule has 1 saturated carbocycles. The molecule has 2 N–H and O–H groups in total. The third-order valence-corrected chi connectivity index (χ3v) is 8.19. The number of ether oxygens (including phenoxy) is 1. The Bertz CT molecular complexity index is 1640. The van der Waals surface area contributed by atoms with Gasteiger partial charge >= 0.3 is 0 Å². The highest BCUT2D eigenvalue weighted by Crippen LogP contribution is 2.30. The molecule has 0 unspecified atom stereocenters. The van der Waals surface area contributed by atoms with Gasteiger partial charge in [0, 0.05) is 37.7 Å². The Labute approximate surface area is 254 Å². The van der Waals surface area contributed by atoms with E-state index in [1.165, 1.54) is 4.57 Å². The fourth-order valence-corrected chi connectivity index (χ4v) is 5.86. The van der Waals surface area contributed by atoms with Gasteiger partial charge in [0.2, 0.25) is 11.9 Å². The van der Waals surface area contributed by atoms with Crippen LogP contribution in [0, 0.1) is 11.3 Å². The normalized spacial score (nSPS) is 18.7. The van der Waals surface area contributed by atoms with Gasteiger partial charge in [0.25, 0.3) is 6.43 Å². The molecule has 1 amide bonds. The van der Waals surface area contributed by atoms with Gasteiger partial charge in [0.05, 0.1) is 35.9 Å². The number of para-hydroxylation sites is 2. The number of rotatable bonds is 9. The second kappa shape index (κ2) is 13.3. The third-order valence-electron chi connectivity index (χ3n) is 8.19. The summed E-state index contributed by atoms with van der Waals surface area (Å²) in [7, 11) is 0. The van der Waals surface area contributed by atoms with Gasteiger partial charge in [-0.2, -0.15) is 15.2 Å². The van der Waals surface area contributed by atoms with E-state index in [2.05, 4.69) is 26.6 Å². The molecule has 6 rings (SSSR count). The van der Waals surface area contributed by atoms with Crippen molar-refractivity contribution in [2.24, 2.45) is 0 Å². The van der Waals surface area contributed by atoms with Gasteiger partial charge in [0.15, 0.2) is 5.82 Å². The van der Waals surface area contributed by atoms with E-state index in [9.17, 15) is 13.6 Å². The summed E-state index contributed by atoms with van der Waals surface area (Å²) in [6.07, 6.45) is 1.44. The largest absolute Gasteiger partial charge is 0.378 e.